The Kier molecular flexibility index (Phi) is 4.00. The van der Waals surface area contributed by atoms with Gasteiger partial charge in [0.1, 0.15) is 5.41 Å². The van der Waals surface area contributed by atoms with Crippen LogP contribution >= 0.6 is 0 Å². The van der Waals surface area contributed by atoms with Crippen LogP contribution in [0.2, 0.25) is 0 Å². The van der Waals surface area contributed by atoms with Gasteiger partial charge in [0.2, 0.25) is 5.91 Å². The van der Waals surface area contributed by atoms with Crippen molar-refractivity contribution in [2.45, 2.75) is 26.8 Å². The zero-order chi connectivity index (χ0) is 12.0. The number of rotatable bonds is 5. The molecule has 0 fully saturated rings. The molecular formula is C10H15N5O. The topological polar surface area (TPSA) is 83.6 Å². The van der Waals surface area contributed by atoms with Crippen LogP contribution in [-0.2, 0) is 11.3 Å². The number of carbonyl (C=O) groups excluding carboxylic acids is 1. The zero-order valence-corrected chi connectivity index (χ0v) is 9.47. The molecule has 0 aromatic carbocycles. The molecule has 0 aliphatic carbocycles. The summed E-state index contributed by atoms with van der Waals surface area (Å²) in [5.41, 5.74) is -0.942. The third-order valence-corrected chi connectivity index (χ3v) is 2.55. The number of nitriles is 1. The van der Waals surface area contributed by atoms with E-state index in [4.69, 9.17) is 5.26 Å². The molecule has 0 aliphatic heterocycles. The Morgan fingerprint density at radius 2 is 2.44 bits per heavy atom. The molecule has 6 heteroatoms. The Hall–Kier alpha value is -1.90. The molecule has 16 heavy (non-hydrogen) atoms. The smallest absolute Gasteiger partial charge is 0.240 e. The third kappa shape index (κ3) is 2.79. The van der Waals surface area contributed by atoms with Crippen molar-refractivity contribution in [1.82, 2.24) is 20.3 Å². The second-order valence-corrected chi connectivity index (χ2v) is 3.72. The van der Waals surface area contributed by atoms with Gasteiger partial charge in [0.25, 0.3) is 0 Å². The summed E-state index contributed by atoms with van der Waals surface area (Å²) in [4.78, 5) is 11.7. The monoisotopic (exact) mass is 221 g/mol. The normalized spacial score (nSPS) is 13.8. The molecule has 1 aromatic heterocycles. The van der Waals surface area contributed by atoms with Crippen molar-refractivity contribution in [3.05, 3.63) is 12.4 Å². The molecule has 0 bridgehead atoms. The molecule has 1 amide bonds. The fourth-order valence-corrected chi connectivity index (χ4v) is 1.12. The number of hydrogen-bond donors (Lipinski definition) is 1. The first-order valence-corrected chi connectivity index (χ1v) is 5.16. The summed E-state index contributed by atoms with van der Waals surface area (Å²) in [6.45, 7) is 4.45. The van der Waals surface area contributed by atoms with E-state index in [1.807, 2.05) is 13.0 Å². The summed E-state index contributed by atoms with van der Waals surface area (Å²) >= 11 is 0. The largest absolute Gasteiger partial charge is 0.353 e. The Balaban J connectivity index is 2.39. The van der Waals surface area contributed by atoms with E-state index in [1.54, 1.807) is 24.0 Å². The predicted molar refractivity (Wildman–Crippen MR) is 57.0 cm³/mol. The van der Waals surface area contributed by atoms with Crippen LogP contribution in [0.5, 0.6) is 0 Å². The van der Waals surface area contributed by atoms with Crippen LogP contribution in [0.1, 0.15) is 20.3 Å². The van der Waals surface area contributed by atoms with Crippen molar-refractivity contribution in [2.75, 3.05) is 6.54 Å². The van der Waals surface area contributed by atoms with E-state index < -0.39 is 5.41 Å². The zero-order valence-electron chi connectivity index (χ0n) is 9.47. The number of amides is 1. The van der Waals surface area contributed by atoms with E-state index in [0.717, 1.165) is 0 Å². The van der Waals surface area contributed by atoms with Crippen LogP contribution < -0.4 is 5.32 Å². The lowest BCUT2D eigenvalue weighted by Gasteiger charge is -2.18. The van der Waals surface area contributed by atoms with Crippen LogP contribution in [0.4, 0.5) is 0 Å². The lowest BCUT2D eigenvalue weighted by atomic mass is 9.88. The van der Waals surface area contributed by atoms with Gasteiger partial charge in [0.15, 0.2) is 0 Å². The van der Waals surface area contributed by atoms with E-state index in [0.29, 0.717) is 19.5 Å². The number of nitrogens with zero attached hydrogens (tertiary/aromatic N) is 4. The number of nitrogens with one attached hydrogen (secondary N) is 1. The molecule has 1 atom stereocenters. The maximum absolute atomic E-state index is 11.7. The van der Waals surface area contributed by atoms with Crippen molar-refractivity contribution in [1.29, 1.82) is 5.26 Å². The van der Waals surface area contributed by atoms with Gasteiger partial charge in [-0.3, -0.25) is 9.48 Å². The van der Waals surface area contributed by atoms with Crippen molar-refractivity contribution in [2.24, 2.45) is 5.41 Å². The summed E-state index contributed by atoms with van der Waals surface area (Å²) in [7, 11) is 0. The van der Waals surface area contributed by atoms with Crippen molar-refractivity contribution < 1.29 is 4.79 Å². The lowest BCUT2D eigenvalue weighted by molar-refractivity contribution is -0.127. The quantitative estimate of drug-likeness (QED) is 0.776. The minimum absolute atomic E-state index is 0.238. The second-order valence-electron chi connectivity index (χ2n) is 3.72. The Bertz CT molecular complexity index is 380. The highest BCUT2D eigenvalue weighted by molar-refractivity contribution is 5.84. The fraction of sp³-hybridized carbons (Fsp3) is 0.600. The third-order valence-electron chi connectivity index (χ3n) is 2.55. The minimum Gasteiger partial charge on any atom is -0.353 e. The first-order valence-electron chi connectivity index (χ1n) is 5.16. The Morgan fingerprint density at radius 1 is 1.69 bits per heavy atom. The van der Waals surface area contributed by atoms with Gasteiger partial charge >= 0.3 is 0 Å². The highest BCUT2D eigenvalue weighted by Gasteiger charge is 2.30. The molecule has 86 valence electrons. The molecule has 1 heterocycles. The molecule has 0 saturated carbocycles. The molecular weight excluding hydrogens is 206 g/mol. The van der Waals surface area contributed by atoms with E-state index >= 15 is 0 Å². The molecule has 1 rings (SSSR count). The molecule has 0 radical (unpaired) electrons. The van der Waals surface area contributed by atoms with Crippen LogP contribution in [0.15, 0.2) is 12.4 Å². The van der Waals surface area contributed by atoms with Gasteiger partial charge in [-0.15, -0.1) is 5.10 Å². The standard InChI is InChI=1S/C10H15N5O/c1-3-10(2,8-11)9(16)12-4-6-15-7-5-13-14-15/h5,7H,3-4,6H2,1-2H3,(H,12,16). The van der Waals surface area contributed by atoms with Crippen molar-refractivity contribution >= 4 is 5.91 Å². The van der Waals surface area contributed by atoms with E-state index in [9.17, 15) is 4.79 Å². The molecule has 1 unspecified atom stereocenters. The van der Waals surface area contributed by atoms with Crippen LogP contribution in [0.3, 0.4) is 0 Å². The van der Waals surface area contributed by atoms with Crippen molar-refractivity contribution in [3.8, 4) is 6.07 Å². The van der Waals surface area contributed by atoms with Gasteiger partial charge in [0, 0.05) is 12.7 Å². The van der Waals surface area contributed by atoms with Gasteiger partial charge in [-0.1, -0.05) is 12.1 Å². The van der Waals surface area contributed by atoms with Gasteiger partial charge in [-0.2, -0.15) is 5.26 Å². The average Bonchev–Trinajstić information content (AvgIpc) is 2.80. The van der Waals surface area contributed by atoms with E-state index in [-0.39, 0.29) is 5.91 Å². The SMILES string of the molecule is CCC(C)(C#N)C(=O)NCCn1ccnn1. The van der Waals surface area contributed by atoms with Gasteiger partial charge in [0.05, 0.1) is 18.8 Å². The second kappa shape index (κ2) is 5.26. The van der Waals surface area contributed by atoms with Crippen LogP contribution in [0, 0.1) is 16.7 Å². The van der Waals surface area contributed by atoms with Gasteiger partial charge in [-0.25, -0.2) is 0 Å². The number of hydrogen-bond acceptors (Lipinski definition) is 4. The Labute approximate surface area is 94.3 Å². The highest BCUT2D eigenvalue weighted by Crippen LogP contribution is 2.19. The molecule has 1 aromatic rings. The summed E-state index contributed by atoms with van der Waals surface area (Å²) < 4.78 is 1.62. The highest BCUT2D eigenvalue weighted by atomic mass is 16.2. The van der Waals surface area contributed by atoms with E-state index in [1.165, 1.54) is 0 Å². The lowest BCUT2D eigenvalue weighted by Crippen LogP contribution is -2.39. The maximum atomic E-state index is 11.7. The molecule has 1 N–H and O–H groups in total. The summed E-state index contributed by atoms with van der Waals surface area (Å²) in [6.07, 6.45) is 3.79. The van der Waals surface area contributed by atoms with Crippen LogP contribution in [0.25, 0.3) is 0 Å². The van der Waals surface area contributed by atoms with E-state index in [2.05, 4.69) is 15.6 Å². The molecule has 0 spiro atoms. The predicted octanol–water partition coefficient (Wildman–Crippen LogP) is 0.334. The summed E-state index contributed by atoms with van der Waals surface area (Å²) in [5, 5.41) is 19.0. The first-order chi connectivity index (χ1) is 7.62. The van der Waals surface area contributed by atoms with Gasteiger partial charge < -0.3 is 5.32 Å². The maximum Gasteiger partial charge on any atom is 0.240 e. The summed E-state index contributed by atoms with van der Waals surface area (Å²) in [6, 6.07) is 2.02. The Morgan fingerprint density at radius 3 is 2.94 bits per heavy atom. The fourth-order valence-electron chi connectivity index (χ4n) is 1.12. The molecule has 6 nitrogen and oxygen atoms in total. The van der Waals surface area contributed by atoms with Crippen LogP contribution in [-0.4, -0.2) is 27.4 Å². The molecule has 0 saturated heterocycles. The van der Waals surface area contributed by atoms with Gasteiger partial charge in [-0.05, 0) is 13.3 Å². The summed E-state index contributed by atoms with van der Waals surface area (Å²) in [5.74, 6) is -0.238. The average molecular weight is 221 g/mol. The first kappa shape index (κ1) is 12.2. The van der Waals surface area contributed by atoms with Crippen molar-refractivity contribution in [3.63, 3.8) is 0 Å². The molecule has 0 aliphatic rings. The number of aromatic nitrogens is 3. The number of carbonyl (C=O) groups is 1. The minimum atomic E-state index is -0.942.